The fourth-order valence-corrected chi connectivity index (χ4v) is 4.18. The van der Waals surface area contributed by atoms with Crippen molar-refractivity contribution in [1.29, 1.82) is 0 Å². The summed E-state index contributed by atoms with van der Waals surface area (Å²) in [4.78, 5) is 26.8. The number of hydrogen-bond donors (Lipinski definition) is 1. The first-order chi connectivity index (χ1) is 17.5. The average Bonchev–Trinajstić information content (AvgIpc) is 3.58. The minimum atomic E-state index is -0.830. The van der Waals surface area contributed by atoms with Gasteiger partial charge in [-0.25, -0.2) is 9.36 Å². The number of fused-ring (bicyclic) bond motifs is 1. The number of para-hydroxylation sites is 1. The molecule has 0 saturated carbocycles. The zero-order valence-corrected chi connectivity index (χ0v) is 20.3. The first-order valence-corrected chi connectivity index (χ1v) is 11.6. The predicted molar refractivity (Wildman–Crippen MR) is 137 cm³/mol. The highest BCUT2D eigenvalue weighted by Gasteiger charge is 2.25. The molecule has 0 saturated heterocycles. The van der Waals surface area contributed by atoms with E-state index >= 15 is 0 Å². The number of nitrogens with zero attached hydrogens (tertiary/aromatic N) is 5. The van der Waals surface area contributed by atoms with E-state index in [2.05, 4.69) is 10.4 Å². The van der Waals surface area contributed by atoms with Gasteiger partial charge in [0.1, 0.15) is 22.7 Å². The second-order valence-electron chi connectivity index (χ2n) is 8.47. The molecule has 0 spiro atoms. The van der Waals surface area contributed by atoms with Crippen LogP contribution in [0.5, 0.6) is 5.75 Å². The van der Waals surface area contributed by atoms with E-state index < -0.39 is 6.04 Å². The van der Waals surface area contributed by atoms with Crippen molar-refractivity contribution in [3.63, 3.8) is 0 Å². The van der Waals surface area contributed by atoms with Crippen LogP contribution in [-0.2, 0) is 11.3 Å². The molecule has 9 nitrogen and oxygen atoms in total. The fourth-order valence-electron chi connectivity index (χ4n) is 4.18. The molecule has 0 aliphatic heterocycles. The number of carbonyl (C=O) groups is 1. The fraction of sp³-hybridized carbons (Fsp3) is 0.185. The summed E-state index contributed by atoms with van der Waals surface area (Å²) in [6, 6.07) is 20.0. The third-order valence-corrected chi connectivity index (χ3v) is 6.08. The van der Waals surface area contributed by atoms with Crippen LogP contribution < -0.4 is 15.6 Å². The number of aromatic nitrogens is 5. The molecular weight excluding hydrogens is 456 g/mol. The normalized spacial score (nSPS) is 12.0. The summed E-state index contributed by atoms with van der Waals surface area (Å²) in [6.45, 7) is 3.76. The first kappa shape index (κ1) is 23.1. The molecular formula is C27H26N6O3. The van der Waals surface area contributed by atoms with Crippen molar-refractivity contribution in [2.24, 2.45) is 0 Å². The van der Waals surface area contributed by atoms with Crippen molar-refractivity contribution in [3.8, 4) is 17.3 Å². The van der Waals surface area contributed by atoms with Gasteiger partial charge < -0.3 is 14.6 Å². The Kier molecular flexibility index (Phi) is 6.12. The Balaban J connectivity index is 1.56. The molecule has 0 fully saturated rings. The first-order valence-electron chi connectivity index (χ1n) is 11.6. The van der Waals surface area contributed by atoms with Crippen LogP contribution in [0.3, 0.4) is 0 Å². The highest BCUT2D eigenvalue weighted by Crippen LogP contribution is 2.25. The van der Waals surface area contributed by atoms with Crippen LogP contribution in [0.1, 0.15) is 24.2 Å². The van der Waals surface area contributed by atoms with Crippen molar-refractivity contribution in [2.45, 2.75) is 26.4 Å². The van der Waals surface area contributed by atoms with Gasteiger partial charge in [-0.3, -0.25) is 9.59 Å². The highest BCUT2D eigenvalue weighted by molar-refractivity contribution is 5.88. The van der Waals surface area contributed by atoms with E-state index in [1.807, 2.05) is 83.7 Å². The Morgan fingerprint density at radius 1 is 1.03 bits per heavy atom. The van der Waals surface area contributed by atoms with Crippen molar-refractivity contribution in [1.82, 2.24) is 29.4 Å². The molecule has 182 valence electrons. The molecule has 1 N–H and O–H groups in total. The minimum Gasteiger partial charge on any atom is -0.497 e. The third-order valence-electron chi connectivity index (χ3n) is 6.08. The van der Waals surface area contributed by atoms with Crippen LogP contribution in [0.15, 0.2) is 83.9 Å². The third kappa shape index (κ3) is 4.15. The van der Waals surface area contributed by atoms with E-state index in [-0.39, 0.29) is 11.5 Å². The molecule has 36 heavy (non-hydrogen) atoms. The molecule has 3 heterocycles. The molecule has 0 aliphatic carbocycles. The molecule has 0 bridgehead atoms. The van der Waals surface area contributed by atoms with E-state index in [0.717, 1.165) is 11.3 Å². The largest absolute Gasteiger partial charge is 0.497 e. The number of carbonyl (C=O) groups excluding carboxylic acids is 1. The van der Waals surface area contributed by atoms with Gasteiger partial charge in [0.05, 0.1) is 18.5 Å². The van der Waals surface area contributed by atoms with Gasteiger partial charge in [-0.1, -0.05) is 30.3 Å². The molecule has 0 radical (unpaired) electrons. The van der Waals surface area contributed by atoms with E-state index in [4.69, 9.17) is 9.84 Å². The number of benzene rings is 2. The van der Waals surface area contributed by atoms with Gasteiger partial charge in [0.25, 0.3) is 5.56 Å². The summed E-state index contributed by atoms with van der Waals surface area (Å²) in [6.07, 6.45) is 3.72. The van der Waals surface area contributed by atoms with Crippen LogP contribution in [0.2, 0.25) is 0 Å². The molecule has 5 rings (SSSR count). The maximum Gasteiger partial charge on any atom is 0.280 e. The molecule has 1 amide bonds. The molecule has 3 aromatic heterocycles. The van der Waals surface area contributed by atoms with E-state index in [9.17, 15) is 9.59 Å². The second kappa shape index (κ2) is 9.53. The second-order valence-corrected chi connectivity index (χ2v) is 8.47. The van der Waals surface area contributed by atoms with Gasteiger partial charge in [-0.05, 0) is 55.8 Å². The Labute approximate surface area is 207 Å². The smallest absolute Gasteiger partial charge is 0.280 e. The van der Waals surface area contributed by atoms with Gasteiger partial charge in [-0.2, -0.15) is 10.2 Å². The Morgan fingerprint density at radius 2 is 1.78 bits per heavy atom. The summed E-state index contributed by atoms with van der Waals surface area (Å²) in [5, 5.41) is 12.5. The van der Waals surface area contributed by atoms with E-state index in [0.29, 0.717) is 34.7 Å². The standard InChI is InChI=1S/C27H26N6O3/c1-18-24-23(26(31-14-7-8-15-31)33(30-24)21-11-5-4-6-12-21)27(35)32(29-18)19(2)25(34)28-17-20-10-9-13-22(16-20)36-3/h4-16,19H,17H2,1-3H3,(H,28,34)/t19-/m0/s1. The van der Waals surface area contributed by atoms with Crippen LogP contribution in [-0.4, -0.2) is 37.1 Å². The summed E-state index contributed by atoms with van der Waals surface area (Å²) in [5.74, 6) is 0.986. The zero-order chi connectivity index (χ0) is 25.2. The van der Waals surface area contributed by atoms with Crippen LogP contribution in [0.4, 0.5) is 0 Å². The van der Waals surface area contributed by atoms with E-state index in [1.165, 1.54) is 4.68 Å². The summed E-state index contributed by atoms with van der Waals surface area (Å²) in [5.41, 5.74) is 2.37. The van der Waals surface area contributed by atoms with Crippen molar-refractivity contribution >= 4 is 16.8 Å². The van der Waals surface area contributed by atoms with Crippen molar-refractivity contribution in [3.05, 3.63) is 101 Å². The van der Waals surface area contributed by atoms with Crippen molar-refractivity contribution < 1.29 is 9.53 Å². The average molecular weight is 483 g/mol. The van der Waals surface area contributed by atoms with Crippen LogP contribution in [0, 0.1) is 6.92 Å². The van der Waals surface area contributed by atoms with Gasteiger partial charge in [0, 0.05) is 18.9 Å². The van der Waals surface area contributed by atoms with Gasteiger partial charge in [0.15, 0.2) is 5.82 Å². The molecule has 2 aromatic carbocycles. The molecule has 0 aliphatic rings. The number of ether oxygens (including phenoxy) is 1. The SMILES string of the molecule is COc1cccc(CNC(=O)[C@H](C)n2nc(C)c3nn(-c4ccccc4)c(-n4cccc4)c3c2=O)c1. The van der Waals surface area contributed by atoms with E-state index in [1.54, 1.807) is 25.6 Å². The number of amides is 1. The predicted octanol–water partition coefficient (Wildman–Crippen LogP) is 3.57. The van der Waals surface area contributed by atoms with Crippen LogP contribution in [0.25, 0.3) is 22.4 Å². The Bertz CT molecular complexity index is 1590. The monoisotopic (exact) mass is 482 g/mol. The lowest BCUT2D eigenvalue weighted by atomic mass is 10.2. The summed E-state index contributed by atoms with van der Waals surface area (Å²) >= 11 is 0. The lowest BCUT2D eigenvalue weighted by Gasteiger charge is -2.15. The number of nitrogens with one attached hydrogen (secondary N) is 1. The summed E-state index contributed by atoms with van der Waals surface area (Å²) < 4.78 is 10.1. The molecule has 1 atom stereocenters. The maximum atomic E-state index is 13.8. The molecule has 9 heteroatoms. The lowest BCUT2D eigenvalue weighted by Crippen LogP contribution is -2.37. The maximum absolute atomic E-state index is 13.8. The number of aryl methyl sites for hydroxylation is 1. The number of hydrogen-bond acceptors (Lipinski definition) is 5. The van der Waals surface area contributed by atoms with Gasteiger partial charge in [-0.15, -0.1) is 0 Å². The molecule has 5 aromatic rings. The minimum absolute atomic E-state index is 0.302. The highest BCUT2D eigenvalue weighted by atomic mass is 16.5. The van der Waals surface area contributed by atoms with Gasteiger partial charge in [0.2, 0.25) is 5.91 Å². The Morgan fingerprint density at radius 3 is 2.50 bits per heavy atom. The number of methoxy groups -OCH3 is 1. The Hall–Kier alpha value is -4.66. The van der Waals surface area contributed by atoms with Gasteiger partial charge >= 0.3 is 0 Å². The summed E-state index contributed by atoms with van der Waals surface area (Å²) in [7, 11) is 1.60. The number of rotatable bonds is 7. The zero-order valence-electron chi connectivity index (χ0n) is 20.3. The lowest BCUT2D eigenvalue weighted by molar-refractivity contribution is -0.124. The van der Waals surface area contributed by atoms with Crippen molar-refractivity contribution in [2.75, 3.05) is 7.11 Å². The quantitative estimate of drug-likeness (QED) is 0.383. The van der Waals surface area contributed by atoms with Crippen LogP contribution >= 0.6 is 0 Å². The topological polar surface area (TPSA) is 96.0 Å². The molecule has 0 unspecified atom stereocenters.